The van der Waals surface area contributed by atoms with Crippen molar-refractivity contribution in [3.63, 3.8) is 0 Å². The van der Waals surface area contributed by atoms with Crippen molar-refractivity contribution in [1.82, 2.24) is 15.3 Å². The Bertz CT molecular complexity index is 677. The Morgan fingerprint density at radius 3 is 2.73 bits per heavy atom. The van der Waals surface area contributed by atoms with E-state index in [1.807, 2.05) is 0 Å². The van der Waals surface area contributed by atoms with Crippen molar-refractivity contribution < 1.29 is 23.1 Å². The number of Topliss-reactive ketones (excluding diaryl/α,β-unsaturated/α-hetero) is 1. The van der Waals surface area contributed by atoms with E-state index in [1.54, 1.807) is 0 Å². The van der Waals surface area contributed by atoms with Crippen LogP contribution in [0.4, 0.5) is 19.4 Å². The molecule has 0 spiro atoms. The highest BCUT2D eigenvalue weighted by molar-refractivity contribution is 5.89. The van der Waals surface area contributed by atoms with Crippen molar-refractivity contribution in [2.45, 2.75) is 31.8 Å². The second-order valence-electron chi connectivity index (χ2n) is 5.95. The Morgan fingerprint density at radius 2 is 2.12 bits per heavy atom. The topological polar surface area (TPSA) is 133 Å². The molecule has 142 valence electrons. The van der Waals surface area contributed by atoms with Crippen LogP contribution >= 0.6 is 0 Å². The molecule has 1 aliphatic heterocycles. The maximum atomic E-state index is 13.1. The summed E-state index contributed by atoms with van der Waals surface area (Å²) < 4.78 is 31.1. The van der Waals surface area contributed by atoms with E-state index in [4.69, 9.17) is 16.2 Å². The molecule has 1 saturated heterocycles. The van der Waals surface area contributed by atoms with Gasteiger partial charge in [0.1, 0.15) is 5.82 Å². The molecule has 5 N–H and O–H groups in total. The second-order valence-corrected chi connectivity index (χ2v) is 5.95. The number of primary amides is 1. The van der Waals surface area contributed by atoms with Crippen molar-refractivity contribution in [2.75, 3.05) is 18.8 Å². The number of hydrogen-bond acceptors (Lipinski definition) is 7. The number of hydrogen-bond donors (Lipinski definition) is 3. The minimum atomic E-state index is -1.86. The lowest BCUT2D eigenvalue weighted by Crippen LogP contribution is -2.43. The summed E-state index contributed by atoms with van der Waals surface area (Å²) in [4.78, 5) is 31.8. The number of aromatic nitrogens is 2. The maximum Gasteiger partial charge on any atom is 0.405 e. The number of rotatable bonds is 7. The number of nitrogens with two attached hydrogens (primary N) is 2. The van der Waals surface area contributed by atoms with Gasteiger partial charge in [-0.3, -0.25) is 9.78 Å². The Balaban J connectivity index is 2.03. The Hall–Kier alpha value is -2.62. The van der Waals surface area contributed by atoms with E-state index < -0.39 is 30.0 Å². The highest BCUT2D eigenvalue weighted by Crippen LogP contribution is 2.27. The van der Waals surface area contributed by atoms with Crippen molar-refractivity contribution >= 4 is 17.7 Å². The quantitative estimate of drug-likeness (QED) is 0.657. The minimum absolute atomic E-state index is 0.0725. The lowest BCUT2D eigenvalue weighted by atomic mass is 9.86. The average molecular weight is 369 g/mol. The van der Waals surface area contributed by atoms with Crippen LogP contribution in [0.2, 0.25) is 0 Å². The molecule has 1 aromatic rings. The van der Waals surface area contributed by atoms with Gasteiger partial charge in [-0.05, 0) is 32.2 Å². The zero-order valence-corrected chi connectivity index (χ0v) is 14.1. The number of halogens is 2. The largest absolute Gasteiger partial charge is 0.438 e. The van der Waals surface area contributed by atoms with Crippen LogP contribution in [0.25, 0.3) is 0 Å². The molecule has 8 nitrogen and oxygen atoms in total. The molecular weight excluding hydrogens is 348 g/mol. The molecule has 2 heterocycles. The molecule has 10 heteroatoms. The van der Waals surface area contributed by atoms with Crippen LogP contribution in [0.3, 0.4) is 0 Å². The molecule has 2 atom stereocenters. The van der Waals surface area contributed by atoms with Crippen LogP contribution in [-0.2, 0) is 16.0 Å². The summed E-state index contributed by atoms with van der Waals surface area (Å²) in [7, 11) is 0. The summed E-state index contributed by atoms with van der Waals surface area (Å²) in [6, 6.07) is 0. The van der Waals surface area contributed by atoms with Gasteiger partial charge in [0.15, 0.2) is 11.9 Å². The van der Waals surface area contributed by atoms with Crippen molar-refractivity contribution in [2.24, 2.45) is 11.7 Å². The molecule has 0 aliphatic carbocycles. The second kappa shape index (κ2) is 9.18. The fourth-order valence-electron chi connectivity index (χ4n) is 2.85. The first kappa shape index (κ1) is 19.7. The normalized spacial score (nSPS) is 18.2. The number of anilines is 1. The Labute approximate surface area is 149 Å². The molecule has 0 aromatic carbocycles. The third-order valence-corrected chi connectivity index (χ3v) is 4.13. The number of amides is 1. The fraction of sp³-hybridized carbons (Fsp3) is 0.500. The number of ketones is 1. The SMILES string of the molecule is NC(=O)OC(CCCc1cnc(N)cn1)C(=O)C1CNCCC1=C(F)F. The van der Waals surface area contributed by atoms with Gasteiger partial charge in [0.2, 0.25) is 0 Å². The first-order valence-corrected chi connectivity index (χ1v) is 8.19. The molecule has 1 aliphatic rings. The van der Waals surface area contributed by atoms with E-state index in [2.05, 4.69) is 15.3 Å². The smallest absolute Gasteiger partial charge is 0.405 e. The predicted molar refractivity (Wildman–Crippen MR) is 89.1 cm³/mol. The van der Waals surface area contributed by atoms with Crippen LogP contribution in [0.1, 0.15) is 25.0 Å². The molecule has 1 amide bonds. The summed E-state index contributed by atoms with van der Waals surface area (Å²) in [6.45, 7) is 0.446. The number of ether oxygens (including phenoxy) is 1. The van der Waals surface area contributed by atoms with Crippen LogP contribution in [0.5, 0.6) is 0 Å². The van der Waals surface area contributed by atoms with E-state index in [0.717, 1.165) is 0 Å². The summed E-state index contributed by atoms with van der Waals surface area (Å²) in [5.74, 6) is -1.33. The molecule has 0 saturated carbocycles. The Morgan fingerprint density at radius 1 is 1.35 bits per heavy atom. The summed E-state index contributed by atoms with van der Waals surface area (Å²) >= 11 is 0. The minimum Gasteiger partial charge on any atom is -0.438 e. The molecule has 26 heavy (non-hydrogen) atoms. The lowest BCUT2D eigenvalue weighted by Gasteiger charge is -2.27. The number of carbonyl (C=O) groups excluding carboxylic acids is 2. The number of nitrogens with one attached hydrogen (secondary N) is 1. The predicted octanol–water partition coefficient (Wildman–Crippen LogP) is 1.17. The molecular formula is C16H21F2N5O3. The third-order valence-electron chi connectivity index (χ3n) is 4.13. The van der Waals surface area contributed by atoms with Gasteiger partial charge in [0.05, 0.1) is 24.0 Å². The maximum absolute atomic E-state index is 13.1. The number of carbonyl (C=O) groups is 2. The zero-order valence-electron chi connectivity index (χ0n) is 14.1. The van der Waals surface area contributed by atoms with Crippen molar-refractivity contribution in [3.05, 3.63) is 29.7 Å². The number of piperidine rings is 1. The van der Waals surface area contributed by atoms with Crippen LogP contribution in [0.15, 0.2) is 24.0 Å². The number of nitrogen functional groups attached to an aromatic ring is 1. The van der Waals surface area contributed by atoms with Crippen LogP contribution in [-0.4, -0.2) is 41.0 Å². The van der Waals surface area contributed by atoms with Gasteiger partial charge in [0.25, 0.3) is 6.08 Å². The fourth-order valence-corrected chi connectivity index (χ4v) is 2.85. The molecule has 0 bridgehead atoms. The third kappa shape index (κ3) is 5.45. The van der Waals surface area contributed by atoms with Gasteiger partial charge in [-0.2, -0.15) is 8.78 Å². The van der Waals surface area contributed by atoms with E-state index in [0.29, 0.717) is 25.1 Å². The van der Waals surface area contributed by atoms with Gasteiger partial charge in [-0.15, -0.1) is 0 Å². The summed E-state index contributed by atoms with van der Waals surface area (Å²) in [6.07, 6.45) is -0.145. The lowest BCUT2D eigenvalue weighted by molar-refractivity contribution is -0.130. The standard InChI is InChI=1S/C16H21F2N5O3/c17-15(18)10-4-5-21-7-11(10)14(24)12(26-16(20)25)3-1-2-9-6-23-13(19)8-22-9/h6,8,11-12,21H,1-5,7H2,(H2,19,23)(H2,20,25). The summed E-state index contributed by atoms with van der Waals surface area (Å²) in [5, 5.41) is 2.91. The highest BCUT2D eigenvalue weighted by atomic mass is 19.3. The monoisotopic (exact) mass is 369 g/mol. The number of aryl methyl sites for hydroxylation is 1. The zero-order chi connectivity index (χ0) is 19.1. The Kier molecular flexibility index (Phi) is 6.96. The molecule has 1 fully saturated rings. The van der Waals surface area contributed by atoms with Gasteiger partial charge < -0.3 is 21.5 Å². The first-order chi connectivity index (χ1) is 12.4. The van der Waals surface area contributed by atoms with E-state index in [1.165, 1.54) is 12.4 Å². The van der Waals surface area contributed by atoms with Crippen molar-refractivity contribution in [1.29, 1.82) is 0 Å². The molecule has 2 unspecified atom stereocenters. The van der Waals surface area contributed by atoms with Crippen LogP contribution < -0.4 is 16.8 Å². The van der Waals surface area contributed by atoms with Crippen LogP contribution in [0, 0.1) is 5.92 Å². The molecule has 0 radical (unpaired) electrons. The van der Waals surface area contributed by atoms with E-state index in [9.17, 15) is 18.4 Å². The van der Waals surface area contributed by atoms with E-state index >= 15 is 0 Å². The highest BCUT2D eigenvalue weighted by Gasteiger charge is 2.35. The summed E-state index contributed by atoms with van der Waals surface area (Å²) in [5.41, 5.74) is 10.9. The van der Waals surface area contributed by atoms with Crippen molar-refractivity contribution in [3.8, 4) is 0 Å². The molecule has 2 rings (SSSR count). The van der Waals surface area contributed by atoms with Gasteiger partial charge in [-0.25, -0.2) is 9.78 Å². The van der Waals surface area contributed by atoms with Gasteiger partial charge in [0, 0.05) is 12.1 Å². The van der Waals surface area contributed by atoms with Gasteiger partial charge in [-0.1, -0.05) is 0 Å². The average Bonchev–Trinajstić information content (AvgIpc) is 2.61. The van der Waals surface area contributed by atoms with E-state index in [-0.39, 0.29) is 30.8 Å². The van der Waals surface area contributed by atoms with Gasteiger partial charge >= 0.3 is 6.09 Å². The molecule has 1 aromatic heterocycles. The first-order valence-electron chi connectivity index (χ1n) is 8.19. The number of nitrogens with zero attached hydrogens (tertiary/aromatic N) is 2.